The average molecular weight is 664 g/mol. The van der Waals surface area contributed by atoms with Gasteiger partial charge in [0.1, 0.15) is 5.66 Å². The molecule has 0 fully saturated rings. The van der Waals surface area contributed by atoms with Crippen LogP contribution in [0.25, 0.3) is 16.4 Å². The summed E-state index contributed by atoms with van der Waals surface area (Å²) >= 11 is 0. The second kappa shape index (κ2) is 13.0. The number of hydrogen-bond acceptors (Lipinski definition) is 9. The SMILES string of the molecule is CCOC(=O)c1cc2cnc(NC3(Nc4cccc5c4cnn5Cc4ccccc4)C(CC)=CC=C4C3C=NN4Cc3ccccc3)nn2c1. The van der Waals surface area contributed by atoms with Crippen LogP contribution in [0.2, 0.25) is 0 Å². The monoisotopic (exact) mass is 663 g/mol. The van der Waals surface area contributed by atoms with Crippen molar-refractivity contribution in [2.75, 3.05) is 17.2 Å². The highest BCUT2D eigenvalue weighted by Crippen LogP contribution is 2.44. The maximum Gasteiger partial charge on any atom is 0.339 e. The van der Waals surface area contributed by atoms with Crippen LogP contribution < -0.4 is 10.6 Å². The highest BCUT2D eigenvalue weighted by molar-refractivity contribution is 5.93. The quantitative estimate of drug-likeness (QED) is 0.114. The number of benzene rings is 3. The van der Waals surface area contributed by atoms with E-state index >= 15 is 0 Å². The van der Waals surface area contributed by atoms with Crippen LogP contribution in [0.5, 0.6) is 0 Å². The fourth-order valence-electron chi connectivity index (χ4n) is 6.90. The van der Waals surface area contributed by atoms with E-state index in [4.69, 9.17) is 25.0 Å². The highest BCUT2D eigenvalue weighted by atomic mass is 16.5. The van der Waals surface area contributed by atoms with Crippen molar-refractivity contribution < 1.29 is 9.53 Å². The van der Waals surface area contributed by atoms with Gasteiger partial charge in [0, 0.05) is 23.5 Å². The lowest BCUT2D eigenvalue weighted by atomic mass is 9.78. The minimum atomic E-state index is -0.908. The molecular formula is C39H37N9O2. The zero-order valence-corrected chi connectivity index (χ0v) is 27.9. The third-order valence-corrected chi connectivity index (χ3v) is 9.32. The van der Waals surface area contributed by atoms with Crippen LogP contribution in [0.3, 0.4) is 0 Å². The molecule has 2 unspecified atom stereocenters. The lowest BCUT2D eigenvalue weighted by Crippen LogP contribution is -2.56. The zero-order chi connectivity index (χ0) is 34.1. The molecule has 50 heavy (non-hydrogen) atoms. The van der Waals surface area contributed by atoms with Gasteiger partial charge in [-0.1, -0.05) is 79.7 Å². The summed E-state index contributed by atoms with van der Waals surface area (Å²) in [4.78, 5) is 17.2. The van der Waals surface area contributed by atoms with Gasteiger partial charge in [0.15, 0.2) is 0 Å². The lowest BCUT2D eigenvalue weighted by Gasteiger charge is -2.44. The molecule has 2 atom stereocenters. The second-order valence-electron chi connectivity index (χ2n) is 12.4. The second-order valence-corrected chi connectivity index (χ2v) is 12.4. The first kappa shape index (κ1) is 31.1. The zero-order valence-electron chi connectivity index (χ0n) is 27.9. The van der Waals surface area contributed by atoms with Gasteiger partial charge in [-0.25, -0.2) is 14.3 Å². The Hall–Kier alpha value is -6.23. The van der Waals surface area contributed by atoms with Crippen molar-refractivity contribution in [3.63, 3.8) is 0 Å². The first-order chi connectivity index (χ1) is 24.5. The topological polar surface area (TPSA) is 114 Å². The number of ether oxygens (including phenoxy) is 1. The maximum atomic E-state index is 12.5. The molecule has 3 aromatic heterocycles. The van der Waals surface area contributed by atoms with Crippen molar-refractivity contribution in [3.8, 4) is 0 Å². The number of fused-ring (bicyclic) bond motifs is 3. The summed E-state index contributed by atoms with van der Waals surface area (Å²) in [6.07, 6.45) is 12.4. The molecular weight excluding hydrogens is 626 g/mol. The largest absolute Gasteiger partial charge is 0.462 e. The third-order valence-electron chi connectivity index (χ3n) is 9.32. The molecule has 3 aromatic carbocycles. The van der Waals surface area contributed by atoms with Gasteiger partial charge in [-0.05, 0) is 54.3 Å². The van der Waals surface area contributed by atoms with Gasteiger partial charge in [0.2, 0.25) is 5.95 Å². The summed E-state index contributed by atoms with van der Waals surface area (Å²) in [5.41, 5.74) is 6.62. The number of nitrogens with zero attached hydrogens (tertiary/aromatic N) is 7. The number of nitrogens with one attached hydrogen (secondary N) is 2. The molecule has 1 aliphatic carbocycles. The fourth-order valence-corrected chi connectivity index (χ4v) is 6.90. The van der Waals surface area contributed by atoms with Crippen LogP contribution in [0.1, 0.15) is 41.8 Å². The molecule has 4 heterocycles. The van der Waals surface area contributed by atoms with E-state index in [2.05, 4.69) is 77.2 Å². The predicted molar refractivity (Wildman–Crippen MR) is 195 cm³/mol. The molecule has 0 saturated carbocycles. The lowest BCUT2D eigenvalue weighted by molar-refractivity contribution is 0.0526. The van der Waals surface area contributed by atoms with Crippen molar-refractivity contribution in [2.24, 2.45) is 11.0 Å². The van der Waals surface area contributed by atoms with E-state index < -0.39 is 11.6 Å². The molecule has 0 radical (unpaired) electrons. The molecule has 0 bridgehead atoms. The van der Waals surface area contributed by atoms with Gasteiger partial charge < -0.3 is 15.4 Å². The number of carbonyl (C=O) groups excluding carboxylic acids is 1. The molecule has 11 nitrogen and oxygen atoms in total. The maximum absolute atomic E-state index is 12.5. The minimum Gasteiger partial charge on any atom is -0.462 e. The summed E-state index contributed by atoms with van der Waals surface area (Å²) in [6.45, 7) is 5.52. The number of allylic oxidation sites excluding steroid dienone is 2. The van der Waals surface area contributed by atoms with Gasteiger partial charge in [-0.2, -0.15) is 10.2 Å². The average Bonchev–Trinajstić information content (AvgIpc) is 3.87. The van der Waals surface area contributed by atoms with E-state index in [9.17, 15) is 4.79 Å². The fraction of sp³-hybridized carbons (Fsp3) is 0.205. The van der Waals surface area contributed by atoms with Gasteiger partial charge in [0.25, 0.3) is 0 Å². The van der Waals surface area contributed by atoms with E-state index in [0.29, 0.717) is 36.7 Å². The first-order valence-corrected chi connectivity index (χ1v) is 16.9. The number of carbonyl (C=O) groups is 1. The number of anilines is 2. The van der Waals surface area contributed by atoms with Gasteiger partial charge >= 0.3 is 5.97 Å². The van der Waals surface area contributed by atoms with Crippen molar-refractivity contribution in [2.45, 2.75) is 39.0 Å². The van der Waals surface area contributed by atoms with E-state index in [1.807, 2.05) is 53.5 Å². The Morgan fingerprint density at radius 2 is 1.68 bits per heavy atom. The van der Waals surface area contributed by atoms with Crippen molar-refractivity contribution in [1.29, 1.82) is 0 Å². The molecule has 250 valence electrons. The van der Waals surface area contributed by atoms with Crippen LogP contribution in [-0.2, 0) is 17.8 Å². The minimum absolute atomic E-state index is 0.222. The van der Waals surface area contributed by atoms with Crippen molar-refractivity contribution in [3.05, 3.63) is 144 Å². The third kappa shape index (κ3) is 5.66. The predicted octanol–water partition coefficient (Wildman–Crippen LogP) is 6.88. The van der Waals surface area contributed by atoms with Gasteiger partial charge in [-0.3, -0.25) is 9.69 Å². The molecule has 0 saturated heterocycles. The molecule has 8 rings (SSSR count). The Morgan fingerprint density at radius 1 is 0.900 bits per heavy atom. The number of esters is 1. The number of rotatable bonds is 11. The molecule has 0 amide bonds. The van der Waals surface area contributed by atoms with E-state index in [1.165, 1.54) is 5.56 Å². The molecule has 1 aliphatic heterocycles. The van der Waals surface area contributed by atoms with E-state index in [0.717, 1.165) is 39.8 Å². The van der Waals surface area contributed by atoms with Crippen LogP contribution in [0.15, 0.2) is 132 Å². The Labute approximate surface area is 289 Å². The number of hydrazone groups is 1. The molecule has 11 heteroatoms. The Kier molecular flexibility index (Phi) is 8.08. The summed E-state index contributed by atoms with van der Waals surface area (Å²) in [5.74, 6) is -0.233. The summed E-state index contributed by atoms with van der Waals surface area (Å²) in [6, 6.07) is 28.7. The normalized spacial score (nSPS) is 18.2. The van der Waals surface area contributed by atoms with Crippen molar-refractivity contribution >= 4 is 40.2 Å². The van der Waals surface area contributed by atoms with Gasteiger partial charge in [0.05, 0.1) is 60.3 Å². The standard InChI is InChI=1S/C39H37N9O2/c1-3-30-18-19-36-33(23-42-48(36)25-28-14-9-6-10-15-28)39(30,44-38-40-21-31-20-29(26-46(31)45-38)37(49)50-4-2)43-34-16-11-17-35-32(34)22-41-47(35)24-27-12-7-5-8-13-27/h5-23,26,33,43H,3-4,24-25H2,1-2H3,(H,44,45). The van der Waals surface area contributed by atoms with Crippen LogP contribution in [0.4, 0.5) is 11.6 Å². The van der Waals surface area contributed by atoms with Gasteiger partial charge in [-0.15, -0.1) is 5.10 Å². The summed E-state index contributed by atoms with van der Waals surface area (Å²) in [5, 5.41) is 25.3. The van der Waals surface area contributed by atoms with E-state index in [-0.39, 0.29) is 5.92 Å². The highest BCUT2D eigenvalue weighted by Gasteiger charge is 2.49. The Balaban J connectivity index is 1.21. The number of aromatic nitrogens is 5. The van der Waals surface area contributed by atoms with Crippen LogP contribution in [0, 0.1) is 5.92 Å². The van der Waals surface area contributed by atoms with Crippen molar-refractivity contribution in [1.82, 2.24) is 29.4 Å². The summed E-state index contributed by atoms with van der Waals surface area (Å²) < 4.78 is 8.91. The molecule has 2 N–H and O–H groups in total. The van der Waals surface area contributed by atoms with E-state index in [1.54, 1.807) is 29.9 Å². The Bertz CT molecular complexity index is 2270. The molecule has 0 spiro atoms. The smallest absolute Gasteiger partial charge is 0.339 e. The molecule has 2 aliphatic rings. The molecule has 6 aromatic rings. The van der Waals surface area contributed by atoms with Crippen LogP contribution >= 0.6 is 0 Å². The van der Waals surface area contributed by atoms with Crippen LogP contribution in [-0.4, -0.2) is 53.8 Å². The first-order valence-electron chi connectivity index (χ1n) is 16.9. The summed E-state index contributed by atoms with van der Waals surface area (Å²) in [7, 11) is 0. The Morgan fingerprint density at radius 3 is 2.44 bits per heavy atom. The number of hydrogen-bond donors (Lipinski definition) is 2.